The Bertz CT molecular complexity index is 864. The van der Waals surface area contributed by atoms with Crippen LogP contribution in [-0.2, 0) is 11.4 Å². The van der Waals surface area contributed by atoms with Crippen LogP contribution < -0.4 is 10.1 Å². The molecule has 0 saturated carbocycles. The zero-order chi connectivity index (χ0) is 18.5. The molecule has 1 heterocycles. The largest absolute Gasteiger partial charge is 0.488 e. The van der Waals surface area contributed by atoms with Gasteiger partial charge in [0.05, 0.1) is 0 Å². The van der Waals surface area contributed by atoms with Crippen LogP contribution in [0, 0.1) is 0 Å². The molecule has 26 heavy (non-hydrogen) atoms. The number of urea groups is 1. The molecule has 3 amide bonds. The molecule has 134 valence electrons. The number of nitrogens with zero attached hydrogens (tertiary/aromatic N) is 1. The highest BCUT2D eigenvalue weighted by molar-refractivity contribution is 6.31. The van der Waals surface area contributed by atoms with E-state index in [-0.39, 0.29) is 11.6 Å². The van der Waals surface area contributed by atoms with Crippen LogP contribution in [0.4, 0.5) is 4.79 Å². The molecule has 5 nitrogen and oxygen atoms in total. The summed E-state index contributed by atoms with van der Waals surface area (Å²) < 4.78 is 5.88. The van der Waals surface area contributed by atoms with Crippen molar-refractivity contribution in [3.63, 3.8) is 0 Å². The molecule has 1 aliphatic rings. The van der Waals surface area contributed by atoms with E-state index in [1.807, 2.05) is 55.5 Å². The van der Waals surface area contributed by atoms with Crippen LogP contribution in [0.1, 0.15) is 24.5 Å². The Hall–Kier alpha value is -2.79. The lowest BCUT2D eigenvalue weighted by molar-refractivity contribution is -0.122. The second-order valence-corrected chi connectivity index (χ2v) is 6.27. The first-order chi connectivity index (χ1) is 12.6. The number of benzene rings is 2. The van der Waals surface area contributed by atoms with Gasteiger partial charge in [0.1, 0.15) is 18.1 Å². The Balaban J connectivity index is 1.80. The number of hydrogen-bond acceptors (Lipinski definition) is 3. The number of ether oxygens (including phenoxy) is 1. The van der Waals surface area contributed by atoms with Crippen molar-refractivity contribution in [3.05, 3.63) is 70.4 Å². The van der Waals surface area contributed by atoms with Gasteiger partial charge in [0.2, 0.25) is 0 Å². The van der Waals surface area contributed by atoms with Crippen LogP contribution in [0.2, 0.25) is 5.02 Å². The van der Waals surface area contributed by atoms with Crippen molar-refractivity contribution in [1.82, 2.24) is 10.2 Å². The molecule has 0 aliphatic carbocycles. The number of carbonyl (C=O) groups is 2. The Labute approximate surface area is 157 Å². The van der Waals surface area contributed by atoms with Crippen molar-refractivity contribution in [2.75, 3.05) is 6.54 Å². The van der Waals surface area contributed by atoms with E-state index in [0.29, 0.717) is 35.9 Å². The van der Waals surface area contributed by atoms with Crippen molar-refractivity contribution < 1.29 is 14.3 Å². The van der Waals surface area contributed by atoms with Gasteiger partial charge in [-0.05, 0) is 24.6 Å². The van der Waals surface area contributed by atoms with Gasteiger partial charge >= 0.3 is 6.03 Å². The van der Waals surface area contributed by atoms with Gasteiger partial charge in [-0.3, -0.25) is 9.69 Å². The van der Waals surface area contributed by atoms with Gasteiger partial charge in [-0.15, -0.1) is 0 Å². The van der Waals surface area contributed by atoms with Gasteiger partial charge in [-0.1, -0.05) is 54.9 Å². The van der Waals surface area contributed by atoms with Crippen molar-refractivity contribution in [2.24, 2.45) is 0 Å². The van der Waals surface area contributed by atoms with Crippen LogP contribution >= 0.6 is 11.6 Å². The Morgan fingerprint density at radius 1 is 1.12 bits per heavy atom. The van der Waals surface area contributed by atoms with Crippen LogP contribution in [0.15, 0.2) is 54.2 Å². The number of hydrogen-bond donors (Lipinski definition) is 1. The Kier molecular flexibility index (Phi) is 5.58. The molecule has 2 aromatic rings. The molecule has 0 spiro atoms. The third kappa shape index (κ3) is 3.89. The van der Waals surface area contributed by atoms with E-state index in [1.54, 1.807) is 6.08 Å². The van der Waals surface area contributed by atoms with Crippen molar-refractivity contribution in [3.8, 4) is 5.75 Å². The van der Waals surface area contributed by atoms with E-state index in [9.17, 15) is 9.59 Å². The summed E-state index contributed by atoms with van der Waals surface area (Å²) >= 11 is 6.16. The van der Waals surface area contributed by atoms with E-state index < -0.39 is 6.03 Å². The molecule has 1 saturated heterocycles. The second kappa shape index (κ2) is 8.06. The van der Waals surface area contributed by atoms with Crippen LogP contribution in [-0.4, -0.2) is 23.4 Å². The van der Waals surface area contributed by atoms with Gasteiger partial charge in [0.15, 0.2) is 0 Å². The maximum absolute atomic E-state index is 12.4. The molecule has 6 heteroatoms. The van der Waals surface area contributed by atoms with Gasteiger partial charge in [0.25, 0.3) is 5.91 Å². The lowest BCUT2D eigenvalue weighted by atomic mass is 10.1. The number of rotatable bonds is 6. The first-order valence-corrected chi connectivity index (χ1v) is 8.77. The molecule has 1 N–H and O–H groups in total. The minimum Gasteiger partial charge on any atom is -0.488 e. The quantitative estimate of drug-likeness (QED) is 0.611. The zero-order valence-corrected chi connectivity index (χ0v) is 15.1. The molecular weight excluding hydrogens is 352 g/mol. The average molecular weight is 371 g/mol. The Morgan fingerprint density at radius 3 is 2.62 bits per heavy atom. The summed E-state index contributed by atoms with van der Waals surface area (Å²) in [5.41, 5.74) is 1.83. The highest BCUT2D eigenvalue weighted by Gasteiger charge is 2.32. The third-order valence-electron chi connectivity index (χ3n) is 3.97. The number of para-hydroxylation sites is 1. The van der Waals surface area contributed by atoms with Gasteiger partial charge in [0, 0.05) is 22.7 Å². The predicted molar refractivity (Wildman–Crippen MR) is 101 cm³/mol. The lowest BCUT2D eigenvalue weighted by Gasteiger charge is -2.11. The standard InChI is InChI=1S/C20H19ClN2O3/c1-2-11-23-19(24)17(22-20(23)25)12-14-7-4-6-10-18(14)26-13-15-8-3-5-9-16(15)21/h3-10,12H,2,11,13H2,1H3,(H,22,25)/b17-12+. The zero-order valence-electron chi connectivity index (χ0n) is 14.4. The molecule has 0 aromatic heterocycles. The highest BCUT2D eigenvalue weighted by Crippen LogP contribution is 2.25. The van der Waals surface area contributed by atoms with E-state index in [4.69, 9.17) is 16.3 Å². The highest BCUT2D eigenvalue weighted by atomic mass is 35.5. The predicted octanol–water partition coefficient (Wildman–Crippen LogP) is 4.22. The summed E-state index contributed by atoms with van der Waals surface area (Å²) in [5, 5.41) is 3.25. The fourth-order valence-electron chi connectivity index (χ4n) is 2.66. The number of imide groups is 1. The number of carbonyl (C=O) groups excluding carboxylic acids is 2. The summed E-state index contributed by atoms with van der Waals surface area (Å²) in [4.78, 5) is 25.5. The smallest absolute Gasteiger partial charge is 0.329 e. The van der Waals surface area contributed by atoms with E-state index in [1.165, 1.54) is 4.90 Å². The third-order valence-corrected chi connectivity index (χ3v) is 4.34. The second-order valence-electron chi connectivity index (χ2n) is 5.86. The van der Waals surface area contributed by atoms with Gasteiger partial charge < -0.3 is 10.1 Å². The van der Waals surface area contributed by atoms with E-state index in [2.05, 4.69) is 5.32 Å². The first kappa shape index (κ1) is 18.0. The monoisotopic (exact) mass is 370 g/mol. The summed E-state index contributed by atoms with van der Waals surface area (Å²) in [6.45, 7) is 2.62. The summed E-state index contributed by atoms with van der Waals surface area (Å²) in [6, 6.07) is 14.4. The summed E-state index contributed by atoms with van der Waals surface area (Å²) in [7, 11) is 0. The molecule has 0 atom stereocenters. The van der Waals surface area contributed by atoms with Crippen molar-refractivity contribution in [1.29, 1.82) is 0 Å². The molecule has 0 radical (unpaired) electrons. The summed E-state index contributed by atoms with van der Waals surface area (Å²) in [5.74, 6) is 0.286. The molecule has 1 aliphatic heterocycles. The van der Waals surface area contributed by atoms with Crippen LogP contribution in [0.5, 0.6) is 5.75 Å². The Morgan fingerprint density at radius 2 is 1.85 bits per heavy atom. The lowest BCUT2D eigenvalue weighted by Crippen LogP contribution is -2.31. The fourth-order valence-corrected chi connectivity index (χ4v) is 2.85. The van der Waals surface area contributed by atoms with Gasteiger partial charge in [-0.25, -0.2) is 4.79 Å². The van der Waals surface area contributed by atoms with Crippen molar-refractivity contribution >= 4 is 29.6 Å². The van der Waals surface area contributed by atoms with Crippen LogP contribution in [0.25, 0.3) is 6.08 Å². The SMILES string of the molecule is CCCN1C(=O)N/C(=C/c2ccccc2OCc2ccccc2Cl)C1=O. The minimum absolute atomic E-state index is 0.247. The van der Waals surface area contributed by atoms with Crippen molar-refractivity contribution in [2.45, 2.75) is 20.0 Å². The molecule has 3 rings (SSSR count). The van der Waals surface area contributed by atoms with Crippen LogP contribution in [0.3, 0.4) is 0 Å². The first-order valence-electron chi connectivity index (χ1n) is 8.40. The minimum atomic E-state index is -0.391. The number of nitrogens with one attached hydrogen (secondary N) is 1. The van der Waals surface area contributed by atoms with Gasteiger partial charge in [-0.2, -0.15) is 0 Å². The van der Waals surface area contributed by atoms with E-state index >= 15 is 0 Å². The normalized spacial score (nSPS) is 15.5. The maximum atomic E-state index is 12.4. The van der Waals surface area contributed by atoms with E-state index in [0.717, 1.165) is 5.56 Å². The molecule has 2 aromatic carbocycles. The molecular formula is C20H19ClN2O3. The fraction of sp³-hybridized carbons (Fsp3) is 0.200. The molecule has 1 fully saturated rings. The molecule has 0 unspecified atom stereocenters. The number of amides is 3. The average Bonchev–Trinajstić information content (AvgIpc) is 2.90. The molecule has 0 bridgehead atoms. The topological polar surface area (TPSA) is 58.6 Å². The number of halogens is 1. The maximum Gasteiger partial charge on any atom is 0.329 e. The summed E-state index contributed by atoms with van der Waals surface area (Å²) in [6.07, 6.45) is 2.35.